The molecule has 4 nitrogen and oxygen atoms in total. The number of aryl methyl sites for hydroxylation is 1. The van der Waals surface area contributed by atoms with Crippen molar-refractivity contribution in [2.45, 2.75) is 20.3 Å². The zero-order valence-corrected chi connectivity index (χ0v) is 13.8. The van der Waals surface area contributed by atoms with Crippen LogP contribution in [0.3, 0.4) is 0 Å². The quantitative estimate of drug-likeness (QED) is 0.818. The van der Waals surface area contributed by atoms with Crippen molar-refractivity contribution in [3.63, 3.8) is 0 Å². The molecule has 0 aliphatic rings. The number of ether oxygens (including phenoxy) is 1. The van der Waals surface area contributed by atoms with Gasteiger partial charge in [0, 0.05) is 17.7 Å². The fourth-order valence-electron chi connectivity index (χ4n) is 1.69. The lowest BCUT2D eigenvalue weighted by Crippen LogP contribution is -2.03. The molecule has 0 spiro atoms. The molecule has 1 N–H and O–H groups in total. The molecule has 0 saturated heterocycles. The van der Waals surface area contributed by atoms with Gasteiger partial charge in [-0.1, -0.05) is 18.5 Å². The lowest BCUT2D eigenvalue weighted by Gasteiger charge is -2.12. The van der Waals surface area contributed by atoms with E-state index in [1.807, 2.05) is 32.0 Å². The maximum absolute atomic E-state index is 6.12. The minimum atomic E-state index is 0.479. The van der Waals surface area contributed by atoms with Crippen molar-refractivity contribution in [1.82, 2.24) is 9.97 Å². The van der Waals surface area contributed by atoms with Gasteiger partial charge in [-0.15, -0.1) is 0 Å². The molecule has 106 valence electrons. The largest absolute Gasteiger partial charge is 0.496 e. The SMILES string of the molecule is CCc1nc(Cl)c(C)c(Nc2ccc(OC)c(Br)c2)n1. The van der Waals surface area contributed by atoms with Crippen molar-refractivity contribution in [2.24, 2.45) is 0 Å². The number of anilines is 2. The van der Waals surface area contributed by atoms with E-state index in [1.165, 1.54) is 0 Å². The van der Waals surface area contributed by atoms with E-state index in [0.29, 0.717) is 5.15 Å². The number of nitrogens with one attached hydrogen (secondary N) is 1. The Labute approximate surface area is 131 Å². The molecule has 2 rings (SSSR count). The van der Waals surface area contributed by atoms with Crippen LogP contribution >= 0.6 is 27.5 Å². The number of hydrogen-bond donors (Lipinski definition) is 1. The predicted molar refractivity (Wildman–Crippen MR) is 85.1 cm³/mol. The van der Waals surface area contributed by atoms with Crippen molar-refractivity contribution >= 4 is 39.0 Å². The summed E-state index contributed by atoms with van der Waals surface area (Å²) in [6.07, 6.45) is 0.737. The van der Waals surface area contributed by atoms with Gasteiger partial charge in [-0.05, 0) is 41.1 Å². The van der Waals surface area contributed by atoms with E-state index >= 15 is 0 Å². The van der Waals surface area contributed by atoms with E-state index in [0.717, 1.165) is 39.5 Å². The molecule has 1 aromatic heterocycles. The third-order valence-electron chi connectivity index (χ3n) is 2.86. The summed E-state index contributed by atoms with van der Waals surface area (Å²) < 4.78 is 6.08. The second-order valence-electron chi connectivity index (χ2n) is 4.23. The Bertz CT molecular complexity index is 634. The monoisotopic (exact) mass is 355 g/mol. The zero-order chi connectivity index (χ0) is 14.7. The molecule has 6 heteroatoms. The van der Waals surface area contributed by atoms with E-state index < -0.39 is 0 Å². The Hall–Kier alpha value is -1.33. The summed E-state index contributed by atoms with van der Waals surface area (Å²) in [6.45, 7) is 3.89. The molecule has 0 unspecified atom stereocenters. The van der Waals surface area contributed by atoms with Crippen molar-refractivity contribution < 1.29 is 4.74 Å². The summed E-state index contributed by atoms with van der Waals surface area (Å²) in [6, 6.07) is 5.73. The highest BCUT2D eigenvalue weighted by Gasteiger charge is 2.09. The molecular formula is C14H15BrClN3O. The third-order valence-corrected chi connectivity index (χ3v) is 3.85. The van der Waals surface area contributed by atoms with Crippen LogP contribution in [0.25, 0.3) is 0 Å². The molecule has 0 saturated carbocycles. The summed E-state index contributed by atoms with van der Waals surface area (Å²) in [5.41, 5.74) is 1.73. The van der Waals surface area contributed by atoms with E-state index in [9.17, 15) is 0 Å². The number of methoxy groups -OCH3 is 1. The van der Waals surface area contributed by atoms with Gasteiger partial charge in [-0.3, -0.25) is 0 Å². The lowest BCUT2D eigenvalue weighted by atomic mass is 10.2. The molecule has 0 fully saturated rings. The Balaban J connectivity index is 2.34. The molecule has 0 amide bonds. The Morgan fingerprint density at radius 3 is 2.70 bits per heavy atom. The first-order valence-corrected chi connectivity index (χ1v) is 7.35. The van der Waals surface area contributed by atoms with E-state index in [4.69, 9.17) is 16.3 Å². The van der Waals surface area contributed by atoms with Crippen LogP contribution in [0.4, 0.5) is 11.5 Å². The minimum Gasteiger partial charge on any atom is -0.496 e. The van der Waals surface area contributed by atoms with Gasteiger partial charge in [-0.2, -0.15) is 0 Å². The van der Waals surface area contributed by atoms with Gasteiger partial charge < -0.3 is 10.1 Å². The van der Waals surface area contributed by atoms with Crippen LogP contribution < -0.4 is 10.1 Å². The number of aromatic nitrogens is 2. The highest BCUT2D eigenvalue weighted by atomic mass is 79.9. The van der Waals surface area contributed by atoms with E-state index in [-0.39, 0.29) is 0 Å². The maximum atomic E-state index is 6.12. The summed E-state index contributed by atoms with van der Waals surface area (Å²) in [4.78, 5) is 8.69. The Morgan fingerprint density at radius 1 is 1.35 bits per heavy atom. The highest BCUT2D eigenvalue weighted by molar-refractivity contribution is 9.10. The molecule has 0 atom stereocenters. The number of hydrogen-bond acceptors (Lipinski definition) is 4. The van der Waals surface area contributed by atoms with E-state index in [2.05, 4.69) is 31.2 Å². The van der Waals surface area contributed by atoms with Crippen molar-refractivity contribution in [1.29, 1.82) is 0 Å². The van der Waals surface area contributed by atoms with Crippen molar-refractivity contribution in [3.05, 3.63) is 39.2 Å². The first kappa shape index (κ1) is 15.1. The Kier molecular flexibility index (Phi) is 4.83. The van der Waals surface area contributed by atoms with Gasteiger partial charge in [0.25, 0.3) is 0 Å². The standard InChI is InChI=1S/C14H15BrClN3O/c1-4-12-18-13(16)8(2)14(19-12)17-9-5-6-11(20-3)10(15)7-9/h5-7H,4H2,1-3H3,(H,17,18,19). The second-order valence-corrected chi connectivity index (χ2v) is 5.44. The molecule has 0 aliphatic heterocycles. The predicted octanol–water partition coefficient (Wildman–Crippen LogP) is 4.52. The van der Waals surface area contributed by atoms with Crippen molar-refractivity contribution in [3.8, 4) is 5.75 Å². The summed E-state index contributed by atoms with van der Waals surface area (Å²) >= 11 is 9.58. The first-order chi connectivity index (χ1) is 9.55. The smallest absolute Gasteiger partial charge is 0.138 e. The van der Waals surface area contributed by atoms with Crippen LogP contribution in [0, 0.1) is 6.92 Å². The molecule has 0 bridgehead atoms. The Morgan fingerprint density at radius 2 is 2.10 bits per heavy atom. The van der Waals surface area contributed by atoms with Crippen LogP contribution in [0.5, 0.6) is 5.75 Å². The highest BCUT2D eigenvalue weighted by Crippen LogP contribution is 2.30. The molecule has 2 aromatic rings. The van der Waals surface area contributed by atoms with E-state index in [1.54, 1.807) is 7.11 Å². The third kappa shape index (κ3) is 3.22. The summed E-state index contributed by atoms with van der Waals surface area (Å²) in [7, 11) is 1.63. The molecule has 1 heterocycles. The average Bonchev–Trinajstić information content (AvgIpc) is 2.43. The fraction of sp³-hybridized carbons (Fsp3) is 0.286. The number of benzene rings is 1. The summed E-state index contributed by atoms with van der Waals surface area (Å²) in [5.74, 6) is 2.22. The first-order valence-electron chi connectivity index (χ1n) is 6.18. The maximum Gasteiger partial charge on any atom is 0.138 e. The van der Waals surface area contributed by atoms with Gasteiger partial charge >= 0.3 is 0 Å². The minimum absolute atomic E-state index is 0.479. The molecule has 1 aromatic carbocycles. The van der Waals surface area contributed by atoms with Crippen LogP contribution in [-0.4, -0.2) is 17.1 Å². The molecular weight excluding hydrogens is 342 g/mol. The number of rotatable bonds is 4. The lowest BCUT2D eigenvalue weighted by molar-refractivity contribution is 0.412. The van der Waals surface area contributed by atoms with Crippen LogP contribution in [0.1, 0.15) is 18.3 Å². The fourth-order valence-corrected chi connectivity index (χ4v) is 2.42. The number of halogens is 2. The van der Waals surface area contributed by atoms with Gasteiger partial charge in [0.05, 0.1) is 11.6 Å². The molecule has 0 radical (unpaired) electrons. The van der Waals surface area contributed by atoms with Crippen LogP contribution in [0.2, 0.25) is 5.15 Å². The van der Waals surface area contributed by atoms with Gasteiger partial charge in [0.2, 0.25) is 0 Å². The van der Waals surface area contributed by atoms with Crippen LogP contribution in [0.15, 0.2) is 22.7 Å². The second kappa shape index (κ2) is 6.41. The van der Waals surface area contributed by atoms with Gasteiger partial charge in [-0.25, -0.2) is 9.97 Å². The average molecular weight is 357 g/mol. The van der Waals surface area contributed by atoms with Gasteiger partial charge in [0.15, 0.2) is 0 Å². The topological polar surface area (TPSA) is 47.0 Å². The number of nitrogens with zero attached hydrogens (tertiary/aromatic N) is 2. The van der Waals surface area contributed by atoms with Crippen LogP contribution in [-0.2, 0) is 6.42 Å². The normalized spacial score (nSPS) is 10.4. The van der Waals surface area contributed by atoms with Gasteiger partial charge in [0.1, 0.15) is 22.5 Å². The summed E-state index contributed by atoms with van der Waals surface area (Å²) in [5, 5.41) is 3.74. The zero-order valence-electron chi connectivity index (χ0n) is 11.5. The molecule has 0 aliphatic carbocycles. The van der Waals surface area contributed by atoms with Crippen molar-refractivity contribution in [2.75, 3.05) is 12.4 Å². The molecule has 20 heavy (non-hydrogen) atoms.